The van der Waals surface area contributed by atoms with Crippen molar-refractivity contribution < 1.29 is 0 Å². The second kappa shape index (κ2) is 3.94. The van der Waals surface area contributed by atoms with Crippen molar-refractivity contribution in [2.24, 2.45) is 10.9 Å². The van der Waals surface area contributed by atoms with Gasteiger partial charge in [-0.15, -0.1) is 0 Å². The lowest BCUT2D eigenvalue weighted by atomic mass is 9.88. The van der Waals surface area contributed by atoms with Crippen LogP contribution in [-0.2, 0) is 0 Å². The quantitative estimate of drug-likeness (QED) is 0.733. The van der Waals surface area contributed by atoms with E-state index in [2.05, 4.69) is 29.1 Å². The Bertz CT molecular complexity index is 298. The van der Waals surface area contributed by atoms with Crippen LogP contribution in [0, 0.1) is 5.92 Å². The fourth-order valence-electron chi connectivity index (χ4n) is 3.64. The van der Waals surface area contributed by atoms with E-state index in [0.717, 1.165) is 18.5 Å². The standard InChI is InChI=1S/C13H23N3/c1-9(2)11-7-8-14-13-15-10-5-3-4-6-12(10)16(11)13/h9-12H,3-8H2,1-2H3,(H,14,15). The molecule has 1 aliphatic carbocycles. The van der Waals surface area contributed by atoms with Crippen molar-refractivity contribution in [1.29, 1.82) is 0 Å². The maximum Gasteiger partial charge on any atom is 0.194 e. The first-order valence-electron chi connectivity index (χ1n) is 6.86. The second-order valence-corrected chi connectivity index (χ2v) is 5.82. The van der Waals surface area contributed by atoms with Gasteiger partial charge >= 0.3 is 0 Å². The molecule has 2 heterocycles. The lowest BCUT2D eigenvalue weighted by molar-refractivity contribution is 0.154. The lowest BCUT2D eigenvalue weighted by Gasteiger charge is -2.40. The maximum absolute atomic E-state index is 4.68. The number of aliphatic imine (C=N–C) groups is 1. The van der Waals surface area contributed by atoms with E-state index in [1.54, 1.807) is 0 Å². The van der Waals surface area contributed by atoms with E-state index in [-0.39, 0.29) is 0 Å². The Morgan fingerprint density at radius 2 is 2.06 bits per heavy atom. The average molecular weight is 221 g/mol. The molecule has 3 heteroatoms. The summed E-state index contributed by atoms with van der Waals surface area (Å²) in [6.07, 6.45) is 6.73. The normalized spacial score (nSPS) is 37.8. The van der Waals surface area contributed by atoms with Crippen molar-refractivity contribution in [2.75, 3.05) is 6.54 Å². The Labute approximate surface area is 98.3 Å². The van der Waals surface area contributed by atoms with Crippen LogP contribution < -0.4 is 5.32 Å². The molecule has 16 heavy (non-hydrogen) atoms. The Balaban J connectivity index is 1.87. The van der Waals surface area contributed by atoms with Gasteiger partial charge in [0.15, 0.2) is 5.96 Å². The smallest absolute Gasteiger partial charge is 0.194 e. The minimum absolute atomic E-state index is 0.687. The molecule has 1 saturated heterocycles. The highest BCUT2D eigenvalue weighted by Crippen LogP contribution is 2.33. The molecule has 0 aromatic carbocycles. The highest BCUT2D eigenvalue weighted by Gasteiger charge is 2.44. The van der Waals surface area contributed by atoms with Crippen LogP contribution in [0.4, 0.5) is 0 Å². The third-order valence-corrected chi connectivity index (χ3v) is 4.46. The summed E-state index contributed by atoms with van der Waals surface area (Å²) in [6, 6.07) is 2.14. The van der Waals surface area contributed by atoms with E-state index in [0.29, 0.717) is 12.1 Å². The number of hydrogen-bond donors (Lipinski definition) is 1. The molecule has 3 nitrogen and oxygen atoms in total. The first kappa shape index (κ1) is 10.4. The molecule has 1 N–H and O–H groups in total. The Kier molecular flexibility index (Phi) is 2.56. The highest BCUT2D eigenvalue weighted by atomic mass is 15.4. The van der Waals surface area contributed by atoms with Gasteiger partial charge in [-0.3, -0.25) is 4.99 Å². The van der Waals surface area contributed by atoms with Crippen molar-refractivity contribution >= 4 is 5.96 Å². The predicted molar refractivity (Wildman–Crippen MR) is 66.6 cm³/mol. The van der Waals surface area contributed by atoms with Crippen LogP contribution in [0.1, 0.15) is 46.0 Å². The molecule has 0 spiro atoms. The van der Waals surface area contributed by atoms with Crippen LogP contribution >= 0.6 is 0 Å². The third kappa shape index (κ3) is 1.52. The van der Waals surface area contributed by atoms with Gasteiger partial charge in [0.25, 0.3) is 0 Å². The SMILES string of the molecule is CC(C)C1CCN=C2NC3CCCCC3N21. The van der Waals surface area contributed by atoms with E-state index in [4.69, 9.17) is 0 Å². The average Bonchev–Trinajstić information content (AvgIpc) is 2.66. The highest BCUT2D eigenvalue weighted by molar-refractivity contribution is 5.84. The number of nitrogens with one attached hydrogen (secondary N) is 1. The van der Waals surface area contributed by atoms with Crippen LogP contribution in [0.25, 0.3) is 0 Å². The van der Waals surface area contributed by atoms with Crippen LogP contribution in [0.15, 0.2) is 4.99 Å². The molecule has 1 saturated carbocycles. The minimum Gasteiger partial charge on any atom is -0.351 e. The number of hydrogen-bond acceptors (Lipinski definition) is 3. The first-order valence-corrected chi connectivity index (χ1v) is 6.86. The van der Waals surface area contributed by atoms with Gasteiger partial charge in [-0.05, 0) is 25.2 Å². The Morgan fingerprint density at radius 1 is 1.25 bits per heavy atom. The third-order valence-electron chi connectivity index (χ3n) is 4.46. The van der Waals surface area contributed by atoms with E-state index >= 15 is 0 Å². The number of fused-ring (bicyclic) bond motifs is 3. The van der Waals surface area contributed by atoms with Gasteiger partial charge in [0.05, 0.1) is 6.04 Å². The summed E-state index contributed by atoms with van der Waals surface area (Å²) in [5.41, 5.74) is 0. The molecule has 3 unspecified atom stereocenters. The molecular weight excluding hydrogens is 198 g/mol. The lowest BCUT2D eigenvalue weighted by Crippen LogP contribution is -2.49. The number of nitrogens with zero attached hydrogens (tertiary/aromatic N) is 2. The molecule has 0 bridgehead atoms. The van der Waals surface area contributed by atoms with Gasteiger partial charge < -0.3 is 10.2 Å². The van der Waals surface area contributed by atoms with Crippen LogP contribution in [-0.4, -0.2) is 35.5 Å². The summed E-state index contributed by atoms with van der Waals surface area (Å²) >= 11 is 0. The Morgan fingerprint density at radius 3 is 2.88 bits per heavy atom. The molecule has 0 aromatic rings. The summed E-state index contributed by atoms with van der Waals surface area (Å²) < 4.78 is 0. The monoisotopic (exact) mass is 221 g/mol. The molecule has 3 aliphatic rings. The maximum atomic E-state index is 4.68. The summed E-state index contributed by atoms with van der Waals surface area (Å²) in [5, 5.41) is 3.66. The Hall–Kier alpha value is -0.730. The van der Waals surface area contributed by atoms with Gasteiger partial charge in [-0.2, -0.15) is 0 Å². The molecular formula is C13H23N3. The predicted octanol–water partition coefficient (Wildman–Crippen LogP) is 1.99. The summed E-state index contributed by atoms with van der Waals surface area (Å²) in [6.45, 7) is 5.72. The van der Waals surface area contributed by atoms with E-state index in [1.807, 2.05) is 0 Å². The van der Waals surface area contributed by atoms with Crippen molar-refractivity contribution in [3.8, 4) is 0 Å². The van der Waals surface area contributed by atoms with E-state index < -0.39 is 0 Å². The molecule has 2 fully saturated rings. The van der Waals surface area contributed by atoms with Gasteiger partial charge in [0, 0.05) is 18.6 Å². The van der Waals surface area contributed by atoms with Crippen molar-refractivity contribution in [3.05, 3.63) is 0 Å². The van der Waals surface area contributed by atoms with E-state index in [9.17, 15) is 0 Å². The molecule has 3 atom stereocenters. The van der Waals surface area contributed by atoms with E-state index in [1.165, 1.54) is 38.1 Å². The first-order chi connectivity index (χ1) is 7.77. The van der Waals surface area contributed by atoms with Crippen LogP contribution in [0.3, 0.4) is 0 Å². The van der Waals surface area contributed by atoms with Gasteiger partial charge in [0.1, 0.15) is 0 Å². The fourth-order valence-corrected chi connectivity index (χ4v) is 3.64. The largest absolute Gasteiger partial charge is 0.351 e. The van der Waals surface area contributed by atoms with Gasteiger partial charge in [-0.1, -0.05) is 26.7 Å². The molecule has 0 amide bonds. The number of guanidine groups is 1. The minimum atomic E-state index is 0.687. The van der Waals surface area contributed by atoms with Crippen LogP contribution in [0.5, 0.6) is 0 Å². The van der Waals surface area contributed by atoms with Gasteiger partial charge in [0.2, 0.25) is 0 Å². The molecule has 0 radical (unpaired) electrons. The molecule has 90 valence electrons. The number of rotatable bonds is 1. The summed E-state index contributed by atoms with van der Waals surface area (Å²) in [7, 11) is 0. The van der Waals surface area contributed by atoms with Crippen LogP contribution in [0.2, 0.25) is 0 Å². The zero-order valence-electron chi connectivity index (χ0n) is 10.4. The fraction of sp³-hybridized carbons (Fsp3) is 0.923. The zero-order valence-corrected chi connectivity index (χ0v) is 10.4. The van der Waals surface area contributed by atoms with Gasteiger partial charge in [-0.25, -0.2) is 0 Å². The van der Waals surface area contributed by atoms with Crippen molar-refractivity contribution in [3.63, 3.8) is 0 Å². The molecule has 0 aromatic heterocycles. The zero-order chi connectivity index (χ0) is 11.1. The van der Waals surface area contributed by atoms with Crippen molar-refractivity contribution in [2.45, 2.75) is 64.1 Å². The topological polar surface area (TPSA) is 27.6 Å². The molecule has 3 rings (SSSR count). The summed E-state index contributed by atoms with van der Waals surface area (Å²) in [5.74, 6) is 1.95. The van der Waals surface area contributed by atoms with Crippen molar-refractivity contribution in [1.82, 2.24) is 10.2 Å². The molecule has 2 aliphatic heterocycles. The second-order valence-electron chi connectivity index (χ2n) is 5.82. The summed E-state index contributed by atoms with van der Waals surface area (Å²) in [4.78, 5) is 7.30.